The average Bonchev–Trinajstić information content (AvgIpc) is 2.54. The van der Waals surface area contributed by atoms with Crippen molar-refractivity contribution in [2.24, 2.45) is 0 Å². The minimum atomic E-state index is -0.374. The van der Waals surface area contributed by atoms with Crippen LogP contribution in [0.25, 0.3) is 0 Å². The first kappa shape index (κ1) is 17.0. The monoisotopic (exact) mass is 336 g/mol. The van der Waals surface area contributed by atoms with Gasteiger partial charge in [0.1, 0.15) is 5.82 Å². The Morgan fingerprint density at radius 1 is 1.09 bits per heavy atom. The van der Waals surface area contributed by atoms with Gasteiger partial charge in [0.05, 0.1) is 5.02 Å². The van der Waals surface area contributed by atoms with Gasteiger partial charge in [0.25, 0.3) is 0 Å². The van der Waals surface area contributed by atoms with Crippen molar-refractivity contribution in [2.45, 2.75) is 30.6 Å². The lowest BCUT2D eigenvalue weighted by Gasteiger charge is -2.06. The van der Waals surface area contributed by atoms with Crippen LogP contribution in [0.1, 0.15) is 35.2 Å². The highest BCUT2D eigenvalue weighted by Gasteiger charge is 2.08. The average molecular weight is 337 g/mol. The van der Waals surface area contributed by atoms with Crippen molar-refractivity contribution in [2.75, 3.05) is 5.75 Å². The number of aryl methyl sites for hydroxylation is 1. The van der Waals surface area contributed by atoms with E-state index >= 15 is 0 Å². The number of unbranched alkanes of at least 4 members (excludes halogenated alkanes) is 2. The van der Waals surface area contributed by atoms with Gasteiger partial charge in [0.2, 0.25) is 0 Å². The Bertz CT molecular complexity index is 616. The lowest BCUT2D eigenvalue weighted by Crippen LogP contribution is -1.90. The van der Waals surface area contributed by atoms with Crippen LogP contribution in [-0.2, 0) is 6.42 Å². The number of aldehydes is 1. The van der Waals surface area contributed by atoms with E-state index in [0.717, 1.165) is 31.4 Å². The van der Waals surface area contributed by atoms with Crippen LogP contribution in [0.4, 0.5) is 4.39 Å². The summed E-state index contributed by atoms with van der Waals surface area (Å²) in [6, 6.07) is 13.2. The smallest absolute Gasteiger partial charge is 0.151 e. The topological polar surface area (TPSA) is 17.1 Å². The molecule has 0 aliphatic carbocycles. The summed E-state index contributed by atoms with van der Waals surface area (Å²) in [6.45, 7) is 0. The molecule has 2 rings (SSSR count). The first-order chi connectivity index (χ1) is 10.7. The molecule has 0 N–H and O–H groups in total. The molecule has 0 aromatic heterocycles. The Morgan fingerprint density at radius 3 is 2.59 bits per heavy atom. The Kier molecular flexibility index (Phi) is 6.94. The van der Waals surface area contributed by atoms with Crippen LogP contribution in [0, 0.1) is 5.82 Å². The van der Waals surface area contributed by atoms with Crippen LogP contribution < -0.4 is 0 Å². The number of hydrogen-bond donors (Lipinski definition) is 0. The van der Waals surface area contributed by atoms with E-state index in [0.29, 0.717) is 16.2 Å². The molecule has 0 fully saturated rings. The quantitative estimate of drug-likeness (QED) is 0.344. The molecule has 116 valence electrons. The molecular formula is C18H18ClFOS. The summed E-state index contributed by atoms with van der Waals surface area (Å²) in [7, 11) is 0. The molecule has 0 aliphatic rings. The van der Waals surface area contributed by atoms with Crippen molar-refractivity contribution in [1.29, 1.82) is 0 Å². The number of carbonyl (C=O) groups is 1. The highest BCUT2D eigenvalue weighted by atomic mass is 35.5. The summed E-state index contributed by atoms with van der Waals surface area (Å²) in [6.07, 6.45) is 4.94. The minimum absolute atomic E-state index is 0.200. The maximum atomic E-state index is 13.8. The van der Waals surface area contributed by atoms with Gasteiger partial charge in [-0.3, -0.25) is 4.79 Å². The van der Waals surface area contributed by atoms with E-state index in [4.69, 9.17) is 11.6 Å². The van der Waals surface area contributed by atoms with Gasteiger partial charge in [-0.15, -0.1) is 11.8 Å². The first-order valence-corrected chi connectivity index (χ1v) is 8.68. The molecule has 2 aromatic rings. The van der Waals surface area contributed by atoms with Gasteiger partial charge in [-0.2, -0.15) is 0 Å². The zero-order valence-corrected chi connectivity index (χ0v) is 13.8. The van der Waals surface area contributed by atoms with Crippen LogP contribution >= 0.6 is 23.4 Å². The van der Waals surface area contributed by atoms with Crippen molar-refractivity contribution < 1.29 is 9.18 Å². The van der Waals surface area contributed by atoms with E-state index in [1.165, 1.54) is 29.5 Å². The standard InChI is InChI=1S/C18H18ClFOS/c19-16-12-18(17(20)11-15(16)13-21)22-10-6-2-5-9-14-7-3-1-4-8-14/h1,3-4,7-8,11-13H,2,5-6,9-10H2. The highest BCUT2D eigenvalue weighted by molar-refractivity contribution is 7.99. The first-order valence-electron chi connectivity index (χ1n) is 7.31. The number of carbonyl (C=O) groups excluding carboxylic acids is 1. The Morgan fingerprint density at radius 2 is 1.86 bits per heavy atom. The van der Waals surface area contributed by atoms with Gasteiger partial charge in [-0.1, -0.05) is 48.4 Å². The fourth-order valence-electron chi connectivity index (χ4n) is 2.18. The van der Waals surface area contributed by atoms with Crippen molar-refractivity contribution in [3.8, 4) is 0 Å². The summed E-state index contributed by atoms with van der Waals surface area (Å²) in [5.74, 6) is 0.475. The van der Waals surface area contributed by atoms with E-state index < -0.39 is 0 Å². The van der Waals surface area contributed by atoms with Crippen LogP contribution in [0.15, 0.2) is 47.4 Å². The molecule has 0 bridgehead atoms. The van der Waals surface area contributed by atoms with Crippen molar-refractivity contribution in [3.63, 3.8) is 0 Å². The van der Waals surface area contributed by atoms with Gasteiger partial charge < -0.3 is 0 Å². The van der Waals surface area contributed by atoms with Gasteiger partial charge in [-0.05, 0) is 42.7 Å². The molecule has 2 aromatic carbocycles. The van der Waals surface area contributed by atoms with Crippen LogP contribution in [0.2, 0.25) is 5.02 Å². The van der Waals surface area contributed by atoms with Gasteiger partial charge in [0, 0.05) is 10.5 Å². The molecule has 0 amide bonds. The van der Waals surface area contributed by atoms with E-state index in [2.05, 4.69) is 24.3 Å². The number of thioether (sulfide) groups is 1. The maximum absolute atomic E-state index is 13.8. The van der Waals surface area contributed by atoms with E-state index in [9.17, 15) is 9.18 Å². The fraction of sp³-hybridized carbons (Fsp3) is 0.278. The third kappa shape index (κ3) is 5.15. The SMILES string of the molecule is O=Cc1cc(F)c(SCCCCCc2ccccc2)cc1Cl. The normalized spacial score (nSPS) is 10.6. The van der Waals surface area contributed by atoms with E-state index in [1.807, 2.05) is 6.07 Å². The molecule has 0 atom stereocenters. The number of benzene rings is 2. The molecule has 0 heterocycles. The molecule has 22 heavy (non-hydrogen) atoms. The summed E-state index contributed by atoms with van der Waals surface area (Å²) in [5.41, 5.74) is 1.56. The molecule has 0 saturated heterocycles. The molecule has 4 heteroatoms. The predicted octanol–water partition coefficient (Wildman–Crippen LogP) is 5.80. The molecule has 0 saturated carbocycles. The molecule has 0 unspecified atom stereocenters. The van der Waals surface area contributed by atoms with Crippen LogP contribution in [0.5, 0.6) is 0 Å². The molecule has 0 radical (unpaired) electrons. The number of rotatable bonds is 8. The maximum Gasteiger partial charge on any atom is 0.151 e. The molecular weight excluding hydrogens is 319 g/mol. The second-order valence-electron chi connectivity index (χ2n) is 5.07. The Hall–Kier alpha value is -1.32. The summed E-state index contributed by atoms with van der Waals surface area (Å²) >= 11 is 7.37. The van der Waals surface area contributed by atoms with Crippen LogP contribution in [0.3, 0.4) is 0 Å². The zero-order chi connectivity index (χ0) is 15.8. The largest absolute Gasteiger partial charge is 0.298 e. The van der Waals surface area contributed by atoms with Gasteiger partial charge >= 0.3 is 0 Å². The third-order valence-electron chi connectivity index (χ3n) is 3.39. The zero-order valence-electron chi connectivity index (χ0n) is 12.2. The summed E-state index contributed by atoms with van der Waals surface area (Å²) in [5, 5.41) is 0.308. The van der Waals surface area contributed by atoms with E-state index in [-0.39, 0.29) is 11.4 Å². The lowest BCUT2D eigenvalue weighted by atomic mass is 10.1. The Balaban J connectivity index is 1.71. The lowest BCUT2D eigenvalue weighted by molar-refractivity contribution is 0.112. The van der Waals surface area contributed by atoms with Gasteiger partial charge in [-0.25, -0.2) is 4.39 Å². The summed E-state index contributed by atoms with van der Waals surface area (Å²) in [4.78, 5) is 11.2. The van der Waals surface area contributed by atoms with Crippen molar-refractivity contribution in [3.05, 3.63) is 64.4 Å². The highest BCUT2D eigenvalue weighted by Crippen LogP contribution is 2.28. The van der Waals surface area contributed by atoms with Crippen molar-refractivity contribution in [1.82, 2.24) is 0 Å². The van der Waals surface area contributed by atoms with Crippen molar-refractivity contribution >= 4 is 29.6 Å². The number of hydrogen-bond acceptors (Lipinski definition) is 2. The van der Waals surface area contributed by atoms with Crippen LogP contribution in [-0.4, -0.2) is 12.0 Å². The summed E-state index contributed by atoms with van der Waals surface area (Å²) < 4.78 is 13.8. The molecule has 0 spiro atoms. The Labute approximate surface area is 139 Å². The molecule has 1 nitrogen and oxygen atoms in total. The van der Waals surface area contributed by atoms with E-state index in [1.54, 1.807) is 0 Å². The minimum Gasteiger partial charge on any atom is -0.298 e. The second kappa shape index (κ2) is 8.96. The fourth-order valence-corrected chi connectivity index (χ4v) is 3.42. The number of halogens is 2. The van der Waals surface area contributed by atoms with Gasteiger partial charge in [0.15, 0.2) is 6.29 Å². The third-order valence-corrected chi connectivity index (χ3v) is 4.83. The second-order valence-corrected chi connectivity index (χ2v) is 6.61. The molecule has 0 aliphatic heterocycles. The predicted molar refractivity (Wildman–Crippen MR) is 91.5 cm³/mol.